The number of fused-ring (bicyclic) bond motifs is 1. The van der Waals surface area contributed by atoms with Gasteiger partial charge < -0.3 is 9.88 Å². The van der Waals surface area contributed by atoms with Crippen LogP contribution in [0.15, 0.2) is 59.6 Å². The van der Waals surface area contributed by atoms with Crippen LogP contribution in [0.3, 0.4) is 0 Å². The van der Waals surface area contributed by atoms with Crippen molar-refractivity contribution < 1.29 is 14.4 Å². The van der Waals surface area contributed by atoms with Gasteiger partial charge in [-0.15, -0.1) is 0 Å². The molecule has 1 saturated heterocycles. The molecule has 3 aromatic rings. The number of amides is 3. The summed E-state index contributed by atoms with van der Waals surface area (Å²) in [6, 6.07) is 14.8. The molecule has 1 fully saturated rings. The van der Waals surface area contributed by atoms with Gasteiger partial charge in [-0.3, -0.25) is 19.3 Å². The van der Waals surface area contributed by atoms with E-state index in [-0.39, 0.29) is 12.6 Å². The van der Waals surface area contributed by atoms with Crippen LogP contribution in [-0.2, 0) is 9.59 Å². The predicted octanol–water partition coefficient (Wildman–Crippen LogP) is 5.55. The monoisotopic (exact) mass is 453 g/mol. The molecule has 1 aromatic heterocycles. The molecule has 0 unspecified atom stereocenters. The van der Waals surface area contributed by atoms with Gasteiger partial charge in [-0.25, -0.2) is 0 Å². The van der Waals surface area contributed by atoms with Crippen LogP contribution in [0.4, 0.5) is 10.5 Å². The van der Waals surface area contributed by atoms with E-state index in [0.29, 0.717) is 15.6 Å². The molecule has 1 N–H and O–H groups in total. The van der Waals surface area contributed by atoms with E-state index in [1.54, 1.807) is 30.3 Å². The lowest BCUT2D eigenvalue weighted by molar-refractivity contribution is -0.127. The Morgan fingerprint density at radius 1 is 1.13 bits per heavy atom. The summed E-state index contributed by atoms with van der Waals surface area (Å²) < 4.78 is 2.13. The molecule has 3 amide bonds. The van der Waals surface area contributed by atoms with Crippen LogP contribution in [0.1, 0.15) is 25.5 Å². The highest BCUT2D eigenvalue weighted by atomic mass is 35.5. The molecule has 0 saturated carbocycles. The number of benzene rings is 2. The van der Waals surface area contributed by atoms with Gasteiger partial charge in [0.05, 0.1) is 4.91 Å². The van der Waals surface area contributed by atoms with Gasteiger partial charge >= 0.3 is 0 Å². The van der Waals surface area contributed by atoms with Gasteiger partial charge in [-0.1, -0.05) is 29.8 Å². The first-order chi connectivity index (χ1) is 14.8. The molecule has 0 aliphatic carbocycles. The molecule has 4 rings (SSSR count). The molecule has 2 aromatic carbocycles. The van der Waals surface area contributed by atoms with E-state index < -0.39 is 17.1 Å². The summed E-state index contributed by atoms with van der Waals surface area (Å²) in [7, 11) is 0. The van der Waals surface area contributed by atoms with Crippen LogP contribution < -0.4 is 5.32 Å². The fourth-order valence-corrected chi connectivity index (χ4v) is 4.38. The number of hydrogen-bond acceptors (Lipinski definition) is 4. The van der Waals surface area contributed by atoms with Gasteiger partial charge in [-0.2, -0.15) is 0 Å². The van der Waals surface area contributed by atoms with Crippen LogP contribution in [-0.4, -0.2) is 33.1 Å². The summed E-state index contributed by atoms with van der Waals surface area (Å²) in [5.41, 5.74) is 2.46. The van der Waals surface area contributed by atoms with Gasteiger partial charge in [0.25, 0.3) is 11.1 Å². The Hall–Kier alpha value is -3.03. The smallest absolute Gasteiger partial charge is 0.294 e. The number of para-hydroxylation sites is 1. The lowest BCUT2D eigenvalue weighted by Crippen LogP contribution is -2.36. The number of carbonyl (C=O) groups excluding carboxylic acids is 3. The SMILES string of the molecule is CC(C)n1cc(/C=C2/SC(=O)N(CC(=O)Nc3ccc(Cl)cc3)C2=O)c2ccccc21. The number of imide groups is 1. The molecule has 31 heavy (non-hydrogen) atoms. The van der Waals surface area contributed by atoms with E-state index >= 15 is 0 Å². The van der Waals surface area contributed by atoms with Crippen LogP contribution in [0.5, 0.6) is 0 Å². The van der Waals surface area contributed by atoms with Gasteiger partial charge in [0.1, 0.15) is 6.54 Å². The van der Waals surface area contributed by atoms with E-state index in [9.17, 15) is 14.4 Å². The molecule has 8 heteroatoms. The minimum atomic E-state index is -0.470. The average Bonchev–Trinajstić information content (AvgIpc) is 3.23. The third-order valence-electron chi connectivity index (χ3n) is 4.92. The van der Waals surface area contributed by atoms with Crippen molar-refractivity contribution in [1.82, 2.24) is 9.47 Å². The molecule has 1 aliphatic heterocycles. The summed E-state index contributed by atoms with van der Waals surface area (Å²) in [5.74, 6) is -0.926. The zero-order valence-corrected chi connectivity index (χ0v) is 18.5. The number of aromatic nitrogens is 1. The Bertz CT molecular complexity index is 1210. The second kappa shape index (κ2) is 8.61. The lowest BCUT2D eigenvalue weighted by atomic mass is 10.1. The van der Waals surface area contributed by atoms with Crippen LogP contribution in [0.2, 0.25) is 5.02 Å². The van der Waals surface area contributed by atoms with Crippen molar-refractivity contribution in [2.24, 2.45) is 0 Å². The number of carbonyl (C=O) groups is 3. The molecule has 0 atom stereocenters. The minimum Gasteiger partial charge on any atom is -0.344 e. The molecular formula is C23H20ClN3O3S. The average molecular weight is 454 g/mol. The van der Waals surface area contributed by atoms with Gasteiger partial charge in [0, 0.05) is 39.4 Å². The van der Waals surface area contributed by atoms with E-state index in [4.69, 9.17) is 11.6 Å². The number of nitrogens with one attached hydrogen (secondary N) is 1. The van der Waals surface area contributed by atoms with E-state index in [0.717, 1.165) is 33.1 Å². The number of halogens is 1. The summed E-state index contributed by atoms with van der Waals surface area (Å²) >= 11 is 6.69. The van der Waals surface area contributed by atoms with Crippen molar-refractivity contribution >= 4 is 63.1 Å². The van der Waals surface area contributed by atoms with Crippen molar-refractivity contribution in [2.75, 3.05) is 11.9 Å². The third kappa shape index (κ3) is 4.38. The Balaban J connectivity index is 1.54. The molecule has 158 valence electrons. The maximum absolute atomic E-state index is 12.8. The second-order valence-corrected chi connectivity index (χ2v) is 8.86. The second-order valence-electron chi connectivity index (χ2n) is 7.43. The molecule has 6 nitrogen and oxygen atoms in total. The third-order valence-corrected chi connectivity index (χ3v) is 6.08. The van der Waals surface area contributed by atoms with Crippen molar-refractivity contribution in [1.29, 1.82) is 0 Å². The number of hydrogen-bond donors (Lipinski definition) is 1. The zero-order chi connectivity index (χ0) is 22.1. The molecule has 1 aliphatic rings. The fraction of sp³-hybridized carbons (Fsp3) is 0.174. The van der Waals surface area contributed by atoms with Crippen LogP contribution in [0.25, 0.3) is 17.0 Å². The highest BCUT2D eigenvalue weighted by molar-refractivity contribution is 8.18. The van der Waals surface area contributed by atoms with Crippen molar-refractivity contribution in [3.8, 4) is 0 Å². The maximum Gasteiger partial charge on any atom is 0.294 e. The number of rotatable bonds is 5. The van der Waals surface area contributed by atoms with E-state index in [1.165, 1.54) is 0 Å². The molecule has 2 heterocycles. The number of thioether (sulfide) groups is 1. The fourth-order valence-electron chi connectivity index (χ4n) is 3.43. The Kier molecular flexibility index (Phi) is 5.89. The maximum atomic E-state index is 12.8. The van der Waals surface area contributed by atoms with Crippen LogP contribution in [0, 0.1) is 0 Å². The Labute approximate surface area is 188 Å². The quantitative estimate of drug-likeness (QED) is 0.514. The predicted molar refractivity (Wildman–Crippen MR) is 125 cm³/mol. The van der Waals surface area contributed by atoms with Crippen molar-refractivity contribution in [2.45, 2.75) is 19.9 Å². The van der Waals surface area contributed by atoms with Crippen molar-refractivity contribution in [3.63, 3.8) is 0 Å². The van der Waals surface area contributed by atoms with Crippen molar-refractivity contribution in [3.05, 3.63) is 70.2 Å². The zero-order valence-electron chi connectivity index (χ0n) is 17.0. The van der Waals surface area contributed by atoms with Gasteiger partial charge in [0.15, 0.2) is 0 Å². The number of anilines is 1. The van der Waals surface area contributed by atoms with Gasteiger partial charge in [0.2, 0.25) is 5.91 Å². The summed E-state index contributed by atoms with van der Waals surface area (Å²) in [6.45, 7) is 3.82. The minimum absolute atomic E-state index is 0.249. The standard InChI is InChI=1S/C23H20ClN3O3S/c1-14(2)26-12-15(18-5-3-4-6-19(18)26)11-20-22(29)27(23(30)31-20)13-21(28)25-17-9-7-16(24)8-10-17/h3-12,14H,13H2,1-2H3,(H,25,28)/b20-11+. The highest BCUT2D eigenvalue weighted by Crippen LogP contribution is 2.34. The highest BCUT2D eigenvalue weighted by Gasteiger charge is 2.36. The number of nitrogens with zero attached hydrogens (tertiary/aromatic N) is 2. The normalized spacial score (nSPS) is 15.5. The molecule has 0 spiro atoms. The molecule has 0 radical (unpaired) electrons. The summed E-state index contributed by atoms with van der Waals surface area (Å²) in [5, 5.41) is 3.76. The Morgan fingerprint density at radius 3 is 2.55 bits per heavy atom. The summed E-state index contributed by atoms with van der Waals surface area (Å²) in [4.78, 5) is 38.9. The molecule has 0 bridgehead atoms. The van der Waals surface area contributed by atoms with Crippen LogP contribution >= 0.6 is 23.4 Å². The van der Waals surface area contributed by atoms with Gasteiger partial charge in [-0.05, 0) is 62.0 Å². The lowest BCUT2D eigenvalue weighted by Gasteiger charge is -2.12. The first kappa shape index (κ1) is 21.2. The Morgan fingerprint density at radius 2 is 1.84 bits per heavy atom. The molecular weight excluding hydrogens is 434 g/mol. The first-order valence-corrected chi connectivity index (χ1v) is 10.9. The first-order valence-electron chi connectivity index (χ1n) is 9.74. The topological polar surface area (TPSA) is 71.4 Å². The summed E-state index contributed by atoms with van der Waals surface area (Å²) in [6.07, 6.45) is 3.71. The van der Waals surface area contributed by atoms with E-state index in [2.05, 4.69) is 23.7 Å². The van der Waals surface area contributed by atoms with E-state index in [1.807, 2.05) is 30.5 Å². The largest absolute Gasteiger partial charge is 0.344 e.